The third-order valence-corrected chi connectivity index (χ3v) is 4.09. The zero-order chi connectivity index (χ0) is 13.2. The monoisotopic (exact) mass is 332 g/mol. The summed E-state index contributed by atoms with van der Waals surface area (Å²) in [5, 5.41) is 2.99. The maximum atomic E-state index is 10.6. The van der Waals surface area contributed by atoms with E-state index < -0.39 is 0 Å². The fourth-order valence-electron chi connectivity index (χ4n) is 1.83. The van der Waals surface area contributed by atoms with Crippen molar-refractivity contribution < 1.29 is 9.53 Å². The summed E-state index contributed by atoms with van der Waals surface area (Å²) in [6.45, 7) is 0. The highest BCUT2D eigenvalue weighted by molar-refractivity contribution is 9.10. The molecule has 0 bridgehead atoms. The van der Waals surface area contributed by atoms with E-state index in [9.17, 15) is 4.79 Å². The van der Waals surface area contributed by atoms with E-state index in [4.69, 9.17) is 4.74 Å². The van der Waals surface area contributed by atoms with Crippen LogP contribution < -0.4 is 4.74 Å². The largest absolute Gasteiger partial charge is 0.447 e. The normalized spacial score (nSPS) is 10.6. The molecule has 0 aliphatic rings. The highest BCUT2D eigenvalue weighted by atomic mass is 79.9. The van der Waals surface area contributed by atoms with E-state index in [0.717, 1.165) is 32.3 Å². The quantitative estimate of drug-likeness (QED) is 0.611. The predicted molar refractivity (Wildman–Crippen MR) is 81.4 cm³/mol. The molecule has 19 heavy (non-hydrogen) atoms. The van der Waals surface area contributed by atoms with Crippen LogP contribution in [0.25, 0.3) is 10.8 Å². The predicted octanol–water partition coefficient (Wildman–Crippen LogP) is 5.27. The summed E-state index contributed by atoms with van der Waals surface area (Å²) in [5.74, 6) is 0.772. The van der Waals surface area contributed by atoms with Gasteiger partial charge in [0.1, 0.15) is 5.75 Å². The summed E-state index contributed by atoms with van der Waals surface area (Å²) in [5.41, 5.74) is 0. The van der Waals surface area contributed by atoms with E-state index in [1.165, 1.54) is 11.3 Å². The van der Waals surface area contributed by atoms with Crippen LogP contribution in [-0.4, -0.2) is 6.29 Å². The molecule has 0 aliphatic carbocycles. The minimum Gasteiger partial charge on any atom is -0.447 e. The molecule has 0 saturated carbocycles. The van der Waals surface area contributed by atoms with Crippen molar-refractivity contribution in [1.82, 2.24) is 0 Å². The molecule has 0 unspecified atom stereocenters. The van der Waals surface area contributed by atoms with Crippen LogP contribution in [0.1, 0.15) is 9.67 Å². The van der Waals surface area contributed by atoms with Gasteiger partial charge in [-0.3, -0.25) is 4.79 Å². The topological polar surface area (TPSA) is 26.3 Å². The molecule has 3 aromatic rings. The van der Waals surface area contributed by atoms with Crippen LogP contribution in [-0.2, 0) is 0 Å². The zero-order valence-corrected chi connectivity index (χ0v) is 12.2. The van der Waals surface area contributed by atoms with Crippen LogP contribution >= 0.6 is 27.3 Å². The van der Waals surface area contributed by atoms with Crippen LogP contribution in [0.2, 0.25) is 0 Å². The van der Waals surface area contributed by atoms with Crippen molar-refractivity contribution in [2.45, 2.75) is 0 Å². The summed E-state index contributed by atoms with van der Waals surface area (Å²) in [4.78, 5) is 11.3. The third-order valence-electron chi connectivity index (χ3n) is 2.71. The van der Waals surface area contributed by atoms with Crippen molar-refractivity contribution in [1.29, 1.82) is 0 Å². The lowest BCUT2D eigenvalue weighted by atomic mass is 10.1. The average molecular weight is 333 g/mol. The van der Waals surface area contributed by atoms with Gasteiger partial charge in [-0.15, -0.1) is 0 Å². The molecule has 0 aliphatic heterocycles. The first-order chi connectivity index (χ1) is 9.24. The van der Waals surface area contributed by atoms with Gasteiger partial charge in [0, 0.05) is 4.47 Å². The van der Waals surface area contributed by atoms with E-state index in [1.807, 2.05) is 30.3 Å². The summed E-state index contributed by atoms with van der Waals surface area (Å²) in [7, 11) is 0. The van der Waals surface area contributed by atoms with Crippen molar-refractivity contribution in [3.05, 3.63) is 57.9 Å². The zero-order valence-electron chi connectivity index (χ0n) is 9.80. The molecule has 2 aromatic carbocycles. The number of hydrogen-bond donors (Lipinski definition) is 0. The molecule has 0 radical (unpaired) electrons. The van der Waals surface area contributed by atoms with Crippen LogP contribution in [0, 0.1) is 0 Å². The third kappa shape index (κ3) is 2.69. The van der Waals surface area contributed by atoms with Gasteiger partial charge in [0.05, 0.1) is 4.88 Å². The molecule has 0 N–H and O–H groups in total. The molecule has 94 valence electrons. The Morgan fingerprint density at radius 1 is 1.00 bits per heavy atom. The molecule has 3 rings (SSSR count). The van der Waals surface area contributed by atoms with Crippen molar-refractivity contribution >= 4 is 44.3 Å². The fraction of sp³-hybridized carbons (Fsp3) is 0. The van der Waals surface area contributed by atoms with Gasteiger partial charge in [-0.2, -0.15) is 0 Å². The standard InChI is InChI=1S/C15H9BrO2S/c16-12-3-1-11-8-13(4-2-10(11)7-12)18-15-6-5-14(9-17)19-15/h1-9H. The van der Waals surface area contributed by atoms with Gasteiger partial charge < -0.3 is 4.74 Å². The first-order valence-electron chi connectivity index (χ1n) is 5.67. The van der Waals surface area contributed by atoms with Gasteiger partial charge in [-0.1, -0.05) is 39.4 Å². The van der Waals surface area contributed by atoms with Crippen molar-refractivity contribution in [2.75, 3.05) is 0 Å². The number of fused-ring (bicyclic) bond motifs is 1. The van der Waals surface area contributed by atoms with Gasteiger partial charge in [0.2, 0.25) is 0 Å². The minimum absolute atomic E-state index is 0.666. The Kier molecular flexibility index (Phi) is 3.36. The van der Waals surface area contributed by atoms with Gasteiger partial charge in [0.15, 0.2) is 11.3 Å². The number of hydrogen-bond acceptors (Lipinski definition) is 3. The lowest BCUT2D eigenvalue weighted by molar-refractivity contribution is 0.112. The second kappa shape index (κ2) is 5.15. The van der Waals surface area contributed by atoms with Crippen LogP contribution in [0.5, 0.6) is 10.8 Å². The molecular weight excluding hydrogens is 324 g/mol. The van der Waals surface area contributed by atoms with E-state index >= 15 is 0 Å². The van der Waals surface area contributed by atoms with Gasteiger partial charge in [-0.05, 0) is 47.2 Å². The second-order valence-electron chi connectivity index (χ2n) is 4.03. The van der Waals surface area contributed by atoms with Gasteiger partial charge in [0.25, 0.3) is 0 Å². The summed E-state index contributed by atoms with van der Waals surface area (Å²) < 4.78 is 6.81. The van der Waals surface area contributed by atoms with Crippen LogP contribution in [0.15, 0.2) is 53.0 Å². The SMILES string of the molecule is O=Cc1ccc(Oc2ccc3cc(Br)ccc3c2)s1. The number of thiophene rings is 1. The maximum absolute atomic E-state index is 10.6. The molecule has 1 heterocycles. The van der Waals surface area contributed by atoms with Crippen molar-refractivity contribution in [3.8, 4) is 10.8 Å². The maximum Gasteiger partial charge on any atom is 0.181 e. The van der Waals surface area contributed by atoms with E-state index in [1.54, 1.807) is 12.1 Å². The Hall–Kier alpha value is -1.65. The minimum atomic E-state index is 0.666. The number of carbonyl (C=O) groups is 1. The summed E-state index contributed by atoms with van der Waals surface area (Å²) in [6.07, 6.45) is 0.829. The van der Waals surface area contributed by atoms with Crippen LogP contribution in [0.4, 0.5) is 0 Å². The number of ether oxygens (including phenoxy) is 1. The Labute approximate surface area is 122 Å². The molecule has 1 aromatic heterocycles. The van der Waals surface area contributed by atoms with E-state index in [2.05, 4.69) is 22.0 Å². The van der Waals surface area contributed by atoms with Crippen molar-refractivity contribution in [3.63, 3.8) is 0 Å². The summed E-state index contributed by atoms with van der Waals surface area (Å²) in [6, 6.07) is 15.6. The van der Waals surface area contributed by atoms with Crippen LogP contribution in [0.3, 0.4) is 0 Å². The molecule has 0 saturated heterocycles. The number of aldehydes is 1. The van der Waals surface area contributed by atoms with E-state index in [0.29, 0.717) is 4.88 Å². The average Bonchev–Trinajstić information content (AvgIpc) is 2.86. The first kappa shape index (κ1) is 12.4. The lowest BCUT2D eigenvalue weighted by Gasteiger charge is -2.04. The van der Waals surface area contributed by atoms with Gasteiger partial charge >= 0.3 is 0 Å². The van der Waals surface area contributed by atoms with Crippen molar-refractivity contribution in [2.24, 2.45) is 0 Å². The Bertz CT molecular complexity index is 749. The smallest absolute Gasteiger partial charge is 0.181 e. The molecule has 2 nitrogen and oxygen atoms in total. The Balaban J connectivity index is 1.92. The molecule has 0 atom stereocenters. The van der Waals surface area contributed by atoms with E-state index in [-0.39, 0.29) is 0 Å². The molecule has 4 heteroatoms. The molecule has 0 spiro atoms. The highest BCUT2D eigenvalue weighted by Crippen LogP contribution is 2.31. The fourth-order valence-corrected chi connectivity index (χ4v) is 2.90. The Morgan fingerprint density at radius 3 is 2.58 bits per heavy atom. The number of halogens is 1. The molecule has 0 fully saturated rings. The number of carbonyl (C=O) groups excluding carboxylic acids is 1. The number of benzene rings is 2. The number of rotatable bonds is 3. The van der Waals surface area contributed by atoms with Gasteiger partial charge in [-0.25, -0.2) is 0 Å². The summed E-state index contributed by atoms with van der Waals surface area (Å²) >= 11 is 4.79. The highest BCUT2D eigenvalue weighted by Gasteiger charge is 2.03. The molecular formula is C15H9BrO2S. The second-order valence-corrected chi connectivity index (χ2v) is 6.02. The Morgan fingerprint density at radius 2 is 1.79 bits per heavy atom. The first-order valence-corrected chi connectivity index (χ1v) is 7.28. The molecule has 0 amide bonds. The lowest BCUT2D eigenvalue weighted by Crippen LogP contribution is -1.81.